The Labute approximate surface area is 284 Å². The van der Waals surface area contributed by atoms with Crippen LogP contribution in [0.15, 0.2) is 67.1 Å². The van der Waals surface area contributed by atoms with E-state index in [1.807, 2.05) is 21.5 Å². The van der Waals surface area contributed by atoms with Crippen LogP contribution in [-0.4, -0.2) is 73.1 Å². The number of halogens is 3. The second-order valence-corrected chi connectivity index (χ2v) is 13.4. The summed E-state index contributed by atoms with van der Waals surface area (Å²) in [6.07, 6.45) is 5.41. The molecule has 6 heterocycles. The number of rotatable bonds is 7. The number of nitrogens with one attached hydrogen (secondary N) is 2. The number of likely N-dealkylation sites (tertiary alicyclic amines) is 1. The van der Waals surface area contributed by atoms with Crippen molar-refractivity contribution < 1.29 is 27.6 Å². The number of hydrogen-bond acceptors (Lipinski definition) is 7. The molecule has 4 amide bonds. The SMILES string of the molecule is O=C1CCN(c2cnc3cc(C4CCN(CC5CC(n6cc7cc(NC(=O)c8cccc(C(F)(F)F)n8)ccc7n6)C5)CC4)ccn23)C(=O)N1. The first-order chi connectivity index (χ1) is 24.1. The number of imide groups is 1. The van der Waals surface area contributed by atoms with E-state index in [0.717, 1.165) is 74.0 Å². The smallest absolute Gasteiger partial charge is 0.321 e. The second-order valence-electron chi connectivity index (χ2n) is 13.4. The summed E-state index contributed by atoms with van der Waals surface area (Å²) >= 11 is 0. The molecule has 0 radical (unpaired) electrons. The van der Waals surface area contributed by atoms with Crippen LogP contribution in [0.3, 0.4) is 0 Å². The van der Waals surface area contributed by atoms with Crippen LogP contribution in [-0.2, 0) is 11.0 Å². The number of urea groups is 1. The van der Waals surface area contributed by atoms with Gasteiger partial charge in [-0.15, -0.1) is 0 Å². The van der Waals surface area contributed by atoms with Gasteiger partial charge in [-0.1, -0.05) is 6.07 Å². The minimum Gasteiger partial charge on any atom is -0.321 e. The van der Waals surface area contributed by atoms with E-state index in [9.17, 15) is 27.6 Å². The van der Waals surface area contributed by atoms with E-state index >= 15 is 0 Å². The molecular formula is C35H34F3N9O3. The van der Waals surface area contributed by atoms with Gasteiger partial charge in [0.25, 0.3) is 5.91 Å². The third kappa shape index (κ3) is 6.28. The van der Waals surface area contributed by atoms with Gasteiger partial charge in [-0.3, -0.25) is 28.9 Å². The Morgan fingerprint density at radius 1 is 1.02 bits per heavy atom. The zero-order valence-corrected chi connectivity index (χ0v) is 26.9. The minimum absolute atomic E-state index is 0.262. The van der Waals surface area contributed by atoms with Crippen LogP contribution in [0.25, 0.3) is 16.6 Å². The highest BCUT2D eigenvalue weighted by atomic mass is 19.4. The Kier molecular flexibility index (Phi) is 8.01. The van der Waals surface area contributed by atoms with E-state index in [2.05, 4.69) is 37.6 Å². The monoisotopic (exact) mass is 685 g/mol. The van der Waals surface area contributed by atoms with E-state index in [1.165, 1.54) is 11.6 Å². The molecule has 15 heteroatoms. The van der Waals surface area contributed by atoms with Crippen molar-refractivity contribution in [3.63, 3.8) is 0 Å². The van der Waals surface area contributed by atoms with Gasteiger partial charge in [-0.05, 0) is 98.6 Å². The predicted molar refractivity (Wildman–Crippen MR) is 178 cm³/mol. The van der Waals surface area contributed by atoms with Gasteiger partial charge in [0.2, 0.25) is 5.91 Å². The van der Waals surface area contributed by atoms with Crippen molar-refractivity contribution in [2.45, 2.75) is 50.2 Å². The van der Waals surface area contributed by atoms with E-state index in [0.29, 0.717) is 35.9 Å². The lowest BCUT2D eigenvalue weighted by Gasteiger charge is -2.40. The molecule has 258 valence electrons. The predicted octanol–water partition coefficient (Wildman–Crippen LogP) is 5.63. The third-order valence-corrected chi connectivity index (χ3v) is 10.1. The normalized spacial score (nSPS) is 20.7. The Morgan fingerprint density at radius 2 is 1.84 bits per heavy atom. The number of hydrogen-bond donors (Lipinski definition) is 2. The van der Waals surface area contributed by atoms with Gasteiger partial charge in [-0.25, -0.2) is 14.8 Å². The standard InChI is InChI=1S/C35H34F3N9O3/c36-35(37,38)29-3-1-2-28(41-29)33(49)40-25-4-5-27-24(16-25)20-47(43-27)26-14-21(15-26)19-44-10-6-22(7-11-44)23-8-12-45-30(17-23)39-18-32(45)46-13-9-31(48)42-34(46)50/h1-5,8,12,16-18,20-22,26H,6-7,9-11,13-15,19H2,(H,40,49)(H,42,48,50). The minimum atomic E-state index is -4.63. The van der Waals surface area contributed by atoms with E-state index in [-0.39, 0.29) is 18.0 Å². The van der Waals surface area contributed by atoms with Crippen LogP contribution in [0.2, 0.25) is 0 Å². The van der Waals surface area contributed by atoms with Crippen LogP contribution in [0.5, 0.6) is 0 Å². The first-order valence-corrected chi connectivity index (χ1v) is 16.7. The molecule has 2 saturated heterocycles. The number of pyridine rings is 2. The molecule has 1 aromatic carbocycles. The number of carbonyl (C=O) groups excluding carboxylic acids is 3. The van der Waals surface area contributed by atoms with Crippen LogP contribution >= 0.6 is 0 Å². The molecule has 4 aromatic heterocycles. The zero-order valence-electron chi connectivity index (χ0n) is 26.9. The average molecular weight is 686 g/mol. The Bertz CT molecular complexity index is 2110. The van der Waals surface area contributed by atoms with Crippen molar-refractivity contribution in [3.05, 3.63) is 84.1 Å². The quantitative estimate of drug-likeness (QED) is 0.227. The molecule has 2 N–H and O–H groups in total. The maximum Gasteiger partial charge on any atom is 0.433 e. The first kappa shape index (κ1) is 31.9. The number of alkyl halides is 3. The second kappa shape index (κ2) is 12.5. The molecule has 0 bridgehead atoms. The van der Waals surface area contributed by atoms with Gasteiger partial charge in [0.1, 0.15) is 22.9 Å². The van der Waals surface area contributed by atoms with Crippen LogP contribution in [0, 0.1) is 5.92 Å². The van der Waals surface area contributed by atoms with Crippen molar-refractivity contribution in [1.82, 2.24) is 34.4 Å². The Hall–Kier alpha value is -5.31. The fraction of sp³-hybridized carbons (Fsp3) is 0.371. The number of piperidine rings is 1. The summed E-state index contributed by atoms with van der Waals surface area (Å²) in [7, 11) is 0. The highest BCUT2D eigenvalue weighted by Crippen LogP contribution is 2.40. The van der Waals surface area contributed by atoms with Gasteiger partial charge in [0.05, 0.1) is 17.8 Å². The Morgan fingerprint density at radius 3 is 2.62 bits per heavy atom. The lowest BCUT2D eigenvalue weighted by molar-refractivity contribution is -0.141. The summed E-state index contributed by atoms with van der Waals surface area (Å²) in [4.78, 5) is 48.6. The number of amides is 4. The van der Waals surface area contributed by atoms with E-state index in [1.54, 1.807) is 29.3 Å². The maximum absolute atomic E-state index is 13.0. The third-order valence-electron chi connectivity index (χ3n) is 10.1. The summed E-state index contributed by atoms with van der Waals surface area (Å²) < 4.78 is 42.9. The molecule has 3 aliphatic rings. The molecule has 1 saturated carbocycles. The maximum atomic E-state index is 13.0. The van der Waals surface area contributed by atoms with Crippen molar-refractivity contribution in [2.75, 3.05) is 36.4 Å². The number of anilines is 2. The lowest BCUT2D eigenvalue weighted by Crippen LogP contribution is -2.50. The summed E-state index contributed by atoms with van der Waals surface area (Å²) in [6, 6.07) is 12.6. The molecule has 50 heavy (non-hydrogen) atoms. The van der Waals surface area contributed by atoms with Gasteiger partial charge in [-0.2, -0.15) is 18.3 Å². The molecule has 0 atom stereocenters. The lowest BCUT2D eigenvalue weighted by atomic mass is 9.79. The van der Waals surface area contributed by atoms with Gasteiger partial charge in [0, 0.05) is 43.0 Å². The molecule has 3 fully saturated rings. The number of nitrogens with zero attached hydrogens (tertiary/aromatic N) is 7. The molecule has 0 unspecified atom stereocenters. The topological polar surface area (TPSA) is 130 Å². The molecule has 2 aliphatic heterocycles. The van der Waals surface area contributed by atoms with E-state index in [4.69, 9.17) is 5.10 Å². The summed E-state index contributed by atoms with van der Waals surface area (Å²) in [5.41, 5.74) is 1.84. The number of carbonyl (C=O) groups is 3. The van der Waals surface area contributed by atoms with Crippen molar-refractivity contribution in [1.29, 1.82) is 0 Å². The van der Waals surface area contributed by atoms with Gasteiger partial charge < -0.3 is 10.2 Å². The van der Waals surface area contributed by atoms with Gasteiger partial charge in [0.15, 0.2) is 0 Å². The average Bonchev–Trinajstić information content (AvgIpc) is 3.70. The largest absolute Gasteiger partial charge is 0.433 e. The van der Waals surface area contributed by atoms with Crippen LogP contribution in [0.1, 0.15) is 65.8 Å². The van der Waals surface area contributed by atoms with Crippen LogP contribution in [0.4, 0.5) is 29.5 Å². The Balaban J connectivity index is 0.826. The fourth-order valence-electron chi connectivity index (χ4n) is 7.32. The number of aromatic nitrogens is 5. The molecular weight excluding hydrogens is 651 g/mol. The van der Waals surface area contributed by atoms with Crippen LogP contribution < -0.4 is 15.5 Å². The number of imidazole rings is 1. The summed E-state index contributed by atoms with van der Waals surface area (Å²) in [5.74, 6) is 0.693. The number of fused-ring (bicyclic) bond motifs is 2. The molecule has 8 rings (SSSR count). The molecule has 1 aliphatic carbocycles. The first-order valence-electron chi connectivity index (χ1n) is 16.7. The van der Waals surface area contributed by atoms with Crippen molar-refractivity contribution >= 4 is 45.9 Å². The van der Waals surface area contributed by atoms with Crippen molar-refractivity contribution in [3.8, 4) is 0 Å². The van der Waals surface area contributed by atoms with Gasteiger partial charge >= 0.3 is 12.2 Å². The summed E-state index contributed by atoms with van der Waals surface area (Å²) in [5, 5.41) is 10.6. The zero-order chi connectivity index (χ0) is 34.6. The summed E-state index contributed by atoms with van der Waals surface area (Å²) in [6.45, 7) is 3.42. The van der Waals surface area contributed by atoms with E-state index < -0.39 is 23.8 Å². The number of benzene rings is 1. The molecule has 0 spiro atoms. The fourth-order valence-corrected chi connectivity index (χ4v) is 7.32. The van der Waals surface area contributed by atoms with Crippen molar-refractivity contribution in [2.24, 2.45) is 5.92 Å². The molecule has 12 nitrogen and oxygen atoms in total. The molecule has 5 aromatic rings. The highest BCUT2D eigenvalue weighted by Gasteiger charge is 2.35. The highest BCUT2D eigenvalue weighted by molar-refractivity contribution is 6.05.